The van der Waals surface area contributed by atoms with Gasteiger partial charge in [-0.05, 0) is 101 Å². The second-order valence-electron chi connectivity index (χ2n) is 16.5. The van der Waals surface area contributed by atoms with Crippen molar-refractivity contribution < 1.29 is 38.9 Å². The van der Waals surface area contributed by atoms with Crippen molar-refractivity contribution in [3.8, 4) is 5.75 Å². The normalized spacial score (nSPS) is 44.2. The molecular weight excluding hydrogens is 584 g/mol. The molecule has 0 amide bonds. The van der Waals surface area contributed by atoms with Crippen LogP contribution in [0.3, 0.4) is 0 Å². The highest BCUT2D eigenvalue weighted by molar-refractivity contribution is 6.27. The number of allylic oxidation sites excluding steroid dienone is 1. The number of esters is 1. The number of aliphatic hydroxyl groups is 1. The second kappa shape index (κ2) is 9.71. The quantitative estimate of drug-likeness (QED) is 0.252. The van der Waals surface area contributed by atoms with E-state index in [2.05, 4.69) is 0 Å². The lowest BCUT2D eigenvalue weighted by Crippen LogP contribution is -2.79. The Hall–Kier alpha value is -3.13. The van der Waals surface area contributed by atoms with Crippen molar-refractivity contribution in [1.29, 1.82) is 0 Å². The molecule has 0 radical (unpaired) electrons. The third-order valence-electron chi connectivity index (χ3n) is 13.8. The van der Waals surface area contributed by atoms with E-state index >= 15 is 0 Å². The van der Waals surface area contributed by atoms with Crippen molar-refractivity contribution in [3.63, 3.8) is 0 Å². The van der Waals surface area contributed by atoms with Crippen molar-refractivity contribution in [2.24, 2.45) is 51.8 Å². The Morgan fingerprint density at radius 3 is 2.04 bits per heavy atom. The molecule has 8 rings (SSSR count). The summed E-state index contributed by atoms with van der Waals surface area (Å²) in [4.78, 5) is 71.8. The molecule has 7 aliphatic carbocycles. The Kier molecular flexibility index (Phi) is 6.64. The fraction of sp³-hybridized carbons (Fsp3) is 0.658. The van der Waals surface area contributed by atoms with Crippen LogP contribution in [0, 0.1) is 51.8 Å². The molecule has 0 heterocycles. The molecule has 8 heteroatoms. The van der Waals surface area contributed by atoms with Gasteiger partial charge >= 0.3 is 5.97 Å². The number of phenols is 1. The third kappa shape index (κ3) is 3.57. The van der Waals surface area contributed by atoms with E-state index in [1.165, 1.54) is 13.0 Å². The largest absolute Gasteiger partial charge is 0.507 e. The summed E-state index contributed by atoms with van der Waals surface area (Å²) in [6.45, 7) is 12.0. The molecule has 5 saturated carbocycles. The molecule has 7 aliphatic rings. The summed E-state index contributed by atoms with van der Waals surface area (Å²) in [6, 6.07) is 4.77. The topological polar surface area (TPSA) is 135 Å². The molecule has 0 spiro atoms. The molecule has 0 aliphatic heterocycles. The standard InChI is InChI=1S/C38H46O8/c1-17(2)28-18(3)26(20(5)39)31(42)38(45)32(43)29-30(41)27-24(9-8-10-25(27)40)19(4)35(29,6)33(36(28,38)7)46-34(44)37-14-21-11-22(15-37)13-23(12-21)16-37/h8-10,17,19,21-23,26,29,33,40,45H,11-16H2,1-7H3/t19-,21?,22?,23?,26?,29?,33-,35+,36+,37?,38+/m0/s1. The van der Waals surface area contributed by atoms with Gasteiger partial charge in [-0.15, -0.1) is 0 Å². The predicted octanol–water partition coefficient (Wildman–Crippen LogP) is 5.52. The highest BCUT2D eigenvalue weighted by atomic mass is 16.5. The second-order valence-corrected chi connectivity index (χ2v) is 16.5. The number of carbonyl (C=O) groups excluding carboxylic acids is 5. The fourth-order valence-corrected chi connectivity index (χ4v) is 12.3. The van der Waals surface area contributed by atoms with Gasteiger partial charge < -0.3 is 14.9 Å². The minimum Gasteiger partial charge on any atom is -0.507 e. The van der Waals surface area contributed by atoms with Crippen LogP contribution in [0.15, 0.2) is 29.3 Å². The van der Waals surface area contributed by atoms with Gasteiger partial charge in [-0.1, -0.05) is 51.0 Å². The Balaban J connectivity index is 1.50. The first-order valence-electron chi connectivity index (χ1n) is 17.0. The van der Waals surface area contributed by atoms with Gasteiger partial charge in [-0.2, -0.15) is 0 Å². The van der Waals surface area contributed by atoms with E-state index < -0.39 is 68.8 Å². The third-order valence-corrected chi connectivity index (χ3v) is 13.8. The summed E-state index contributed by atoms with van der Waals surface area (Å²) < 4.78 is 6.83. The number of rotatable bonds is 4. The van der Waals surface area contributed by atoms with Crippen LogP contribution in [0.1, 0.15) is 109 Å². The van der Waals surface area contributed by atoms with Crippen molar-refractivity contribution >= 4 is 29.1 Å². The summed E-state index contributed by atoms with van der Waals surface area (Å²) >= 11 is 0. The number of ketones is 4. The number of hydrogen-bond acceptors (Lipinski definition) is 8. The molecule has 246 valence electrons. The first kappa shape index (κ1) is 31.5. The molecule has 46 heavy (non-hydrogen) atoms. The summed E-state index contributed by atoms with van der Waals surface area (Å²) in [5.74, 6) is -6.41. The first-order chi connectivity index (χ1) is 21.4. The fourth-order valence-electron chi connectivity index (χ4n) is 12.3. The zero-order valence-corrected chi connectivity index (χ0v) is 27.9. The van der Waals surface area contributed by atoms with Gasteiger partial charge in [0.2, 0.25) is 0 Å². The molecule has 4 bridgehead atoms. The van der Waals surface area contributed by atoms with E-state index in [1.807, 2.05) is 20.8 Å². The van der Waals surface area contributed by atoms with Crippen LogP contribution in [-0.2, 0) is 23.9 Å². The summed E-state index contributed by atoms with van der Waals surface area (Å²) in [5.41, 5.74) is -5.17. The predicted molar refractivity (Wildman–Crippen MR) is 168 cm³/mol. The Bertz CT molecular complexity index is 1610. The number of ether oxygens (including phenoxy) is 1. The van der Waals surface area contributed by atoms with Crippen molar-refractivity contribution in [2.45, 2.75) is 105 Å². The molecule has 2 unspecified atom stereocenters. The van der Waals surface area contributed by atoms with Crippen LogP contribution in [0.25, 0.3) is 0 Å². The van der Waals surface area contributed by atoms with Crippen molar-refractivity contribution in [2.75, 3.05) is 0 Å². The van der Waals surface area contributed by atoms with Crippen LogP contribution in [0.4, 0.5) is 0 Å². The van der Waals surface area contributed by atoms with Crippen LogP contribution in [0.5, 0.6) is 5.75 Å². The Morgan fingerprint density at radius 2 is 1.52 bits per heavy atom. The highest BCUT2D eigenvalue weighted by Gasteiger charge is 2.80. The highest BCUT2D eigenvalue weighted by Crippen LogP contribution is 2.69. The van der Waals surface area contributed by atoms with Gasteiger partial charge in [0.05, 0.1) is 22.3 Å². The van der Waals surface area contributed by atoms with Crippen LogP contribution < -0.4 is 0 Å². The SMILES string of the molecule is CC(=O)C1C(=O)[C@@]2(O)C(=O)C3C(=O)c4c(O)cccc4[C@H](C)[C@@]3(C)[C@H](OC(=O)C34CC5CC(CC(C5)C3)C4)[C@@]2(C)C(C(C)C)=C1C. The summed E-state index contributed by atoms with van der Waals surface area (Å²) in [7, 11) is 0. The average molecular weight is 631 g/mol. The maximum Gasteiger partial charge on any atom is 0.312 e. The van der Waals surface area contributed by atoms with Gasteiger partial charge in [0.1, 0.15) is 23.6 Å². The summed E-state index contributed by atoms with van der Waals surface area (Å²) in [6.07, 6.45) is 4.27. The Labute approximate surface area is 270 Å². The first-order valence-corrected chi connectivity index (χ1v) is 17.0. The minimum absolute atomic E-state index is 0.0219. The van der Waals surface area contributed by atoms with Gasteiger partial charge in [0, 0.05) is 5.41 Å². The van der Waals surface area contributed by atoms with E-state index in [1.54, 1.807) is 32.9 Å². The molecule has 2 N–H and O–H groups in total. The monoisotopic (exact) mass is 630 g/mol. The van der Waals surface area contributed by atoms with E-state index in [0.29, 0.717) is 34.5 Å². The average Bonchev–Trinajstić information content (AvgIpc) is 2.95. The lowest BCUT2D eigenvalue weighted by atomic mass is 9.38. The van der Waals surface area contributed by atoms with Crippen LogP contribution >= 0.6 is 0 Å². The molecule has 0 aromatic heterocycles. The lowest BCUT2D eigenvalue weighted by molar-refractivity contribution is -0.232. The number of Topliss-reactive ketones (excluding diaryl/α,β-unsaturated/α-hetero) is 4. The van der Waals surface area contributed by atoms with Gasteiger partial charge in [-0.25, -0.2) is 0 Å². The number of carbonyl (C=O) groups is 5. The zero-order chi connectivity index (χ0) is 33.5. The van der Waals surface area contributed by atoms with Crippen LogP contribution in [0.2, 0.25) is 0 Å². The number of hydrogen-bond donors (Lipinski definition) is 2. The number of benzene rings is 1. The molecule has 5 fully saturated rings. The van der Waals surface area contributed by atoms with E-state index in [9.17, 15) is 34.2 Å². The lowest BCUT2D eigenvalue weighted by Gasteiger charge is -2.65. The van der Waals surface area contributed by atoms with Crippen molar-refractivity contribution in [3.05, 3.63) is 40.5 Å². The van der Waals surface area contributed by atoms with Crippen molar-refractivity contribution in [1.82, 2.24) is 0 Å². The smallest absolute Gasteiger partial charge is 0.312 e. The molecule has 0 saturated heterocycles. The van der Waals surface area contributed by atoms with E-state index in [-0.39, 0.29) is 23.2 Å². The minimum atomic E-state index is -2.82. The molecule has 7 atom stereocenters. The van der Waals surface area contributed by atoms with E-state index in [0.717, 1.165) is 38.5 Å². The molecule has 1 aromatic rings. The number of phenolic OH excluding ortho intramolecular Hbond substituents is 1. The molecule has 1 aromatic carbocycles. The Morgan fingerprint density at radius 1 is 0.957 bits per heavy atom. The van der Waals surface area contributed by atoms with E-state index in [4.69, 9.17) is 4.74 Å². The number of fused-ring (bicyclic) bond motifs is 3. The molecular formula is C38H46O8. The summed E-state index contributed by atoms with van der Waals surface area (Å²) in [5, 5.41) is 23.7. The van der Waals surface area contributed by atoms with Gasteiger partial charge in [0.25, 0.3) is 0 Å². The maximum absolute atomic E-state index is 15.0. The number of aromatic hydroxyl groups is 1. The molecule has 8 nitrogen and oxygen atoms in total. The maximum atomic E-state index is 15.0. The van der Waals surface area contributed by atoms with Crippen LogP contribution in [-0.4, -0.2) is 51.0 Å². The van der Waals surface area contributed by atoms with Gasteiger partial charge in [0.15, 0.2) is 23.0 Å². The zero-order valence-electron chi connectivity index (χ0n) is 27.9. The van der Waals surface area contributed by atoms with Gasteiger partial charge in [-0.3, -0.25) is 24.0 Å².